The maximum absolute atomic E-state index is 12.7. The normalized spacial score (nSPS) is 14.1. The maximum Gasteiger partial charge on any atom is 0.332 e. The first-order valence-electron chi connectivity index (χ1n) is 3.38. The van der Waals surface area contributed by atoms with Crippen molar-refractivity contribution in [2.24, 2.45) is 0 Å². The molecule has 0 aromatic carbocycles. The average molecular weight is 396 g/mol. The van der Waals surface area contributed by atoms with Gasteiger partial charge in [-0.25, -0.2) is 0 Å². The van der Waals surface area contributed by atoms with Crippen molar-refractivity contribution >= 4 is 47.8 Å². The summed E-state index contributed by atoms with van der Waals surface area (Å²) in [6, 6.07) is 1.53. The van der Waals surface area contributed by atoms with Gasteiger partial charge in [0.05, 0.1) is 5.69 Å². The van der Waals surface area contributed by atoms with Gasteiger partial charge in [-0.2, -0.15) is 8.78 Å². The Morgan fingerprint density at radius 2 is 2.00 bits per heavy atom. The molecule has 1 aromatic heterocycles. The number of pyridine rings is 1. The van der Waals surface area contributed by atoms with Gasteiger partial charge in [-0.15, -0.1) is 0 Å². The summed E-state index contributed by atoms with van der Waals surface area (Å²) in [4.78, 5) is 0.298. The van der Waals surface area contributed by atoms with Gasteiger partial charge < -0.3 is 5.11 Å². The molecule has 0 bridgehead atoms. The van der Waals surface area contributed by atoms with E-state index in [1.165, 1.54) is 12.3 Å². The summed E-state index contributed by atoms with van der Waals surface area (Å²) in [6.45, 7) is 0. The van der Waals surface area contributed by atoms with Crippen LogP contribution in [0.15, 0.2) is 21.2 Å². The van der Waals surface area contributed by atoms with E-state index in [-0.39, 0.29) is 5.69 Å². The van der Waals surface area contributed by atoms with Crippen LogP contribution in [0, 0.1) is 0 Å². The van der Waals surface area contributed by atoms with Crippen LogP contribution in [-0.2, 0) is 0 Å². The lowest BCUT2D eigenvalue weighted by Crippen LogP contribution is -2.19. The van der Waals surface area contributed by atoms with Crippen molar-refractivity contribution in [3.05, 3.63) is 26.9 Å². The molecule has 7 heteroatoms. The Hall–Kier alpha value is 0.410. The van der Waals surface area contributed by atoms with Crippen LogP contribution in [0.4, 0.5) is 8.78 Å². The fraction of sp³-hybridized carbons (Fsp3) is 0.286. The van der Waals surface area contributed by atoms with Crippen LogP contribution in [0.1, 0.15) is 11.8 Å². The minimum Gasteiger partial charge on any atom is -0.380 e. The molecular weight excluding hydrogens is 392 g/mol. The highest BCUT2D eigenvalue weighted by molar-refractivity contribution is 9.11. The van der Waals surface area contributed by atoms with Gasteiger partial charge in [0.1, 0.15) is 0 Å². The molecule has 0 aliphatic rings. The number of hydrogen-bond donors (Lipinski definition) is 1. The van der Waals surface area contributed by atoms with Crippen LogP contribution in [0.3, 0.4) is 0 Å². The summed E-state index contributed by atoms with van der Waals surface area (Å²) in [5.41, 5.74) is -0.116. The number of aliphatic hydroxyl groups excluding tert-OH is 1. The van der Waals surface area contributed by atoms with Crippen molar-refractivity contribution in [1.82, 2.24) is 4.98 Å². The Bertz CT molecular complexity index is 342. The molecule has 78 valence electrons. The zero-order valence-electron chi connectivity index (χ0n) is 6.52. The lowest BCUT2D eigenvalue weighted by atomic mass is 10.2. The molecule has 1 atom stereocenters. The molecule has 1 heterocycles. The van der Waals surface area contributed by atoms with Crippen LogP contribution in [0.25, 0.3) is 0 Å². The van der Waals surface area contributed by atoms with Crippen molar-refractivity contribution < 1.29 is 13.9 Å². The second-order valence-corrected chi connectivity index (χ2v) is 5.29. The molecule has 0 saturated heterocycles. The van der Waals surface area contributed by atoms with E-state index in [4.69, 9.17) is 0 Å². The first-order valence-corrected chi connectivity index (χ1v) is 5.76. The minimum absolute atomic E-state index is 0.116. The van der Waals surface area contributed by atoms with Crippen LogP contribution in [0.5, 0.6) is 0 Å². The van der Waals surface area contributed by atoms with Crippen molar-refractivity contribution in [3.63, 3.8) is 0 Å². The lowest BCUT2D eigenvalue weighted by molar-refractivity contribution is -0.0321. The first-order chi connectivity index (χ1) is 6.32. The number of aromatic nitrogens is 1. The minimum atomic E-state index is -3.39. The summed E-state index contributed by atoms with van der Waals surface area (Å²) in [6.07, 6.45) is -0.646. The maximum atomic E-state index is 12.7. The molecule has 0 amide bonds. The van der Waals surface area contributed by atoms with E-state index in [1.54, 1.807) is 0 Å². The Kier molecular flexibility index (Phi) is 4.02. The van der Waals surface area contributed by atoms with Gasteiger partial charge in [0.2, 0.25) is 0 Å². The number of rotatable bonds is 2. The standard InChI is InChI=1S/C7H4Br3F2NO/c8-3-1-4(9)5(13-2-3)6(14)7(10,11)12/h1-2,6,14H. The first kappa shape index (κ1) is 12.5. The number of nitrogens with zero attached hydrogens (tertiary/aromatic N) is 1. The molecule has 1 N–H and O–H groups in total. The van der Waals surface area contributed by atoms with Gasteiger partial charge in [-0.1, -0.05) is 0 Å². The summed E-state index contributed by atoms with van der Waals surface area (Å²) in [5.74, 6) is 0. The average Bonchev–Trinajstić information content (AvgIpc) is 2.01. The van der Waals surface area contributed by atoms with E-state index in [2.05, 4.69) is 52.8 Å². The largest absolute Gasteiger partial charge is 0.380 e. The number of halogens is 5. The van der Waals surface area contributed by atoms with Crippen molar-refractivity contribution in [1.29, 1.82) is 0 Å². The molecule has 0 aliphatic heterocycles. The number of hydrogen-bond acceptors (Lipinski definition) is 2. The predicted molar refractivity (Wildman–Crippen MR) is 58.5 cm³/mol. The summed E-state index contributed by atoms with van der Waals surface area (Å²) in [5, 5.41) is 9.22. The van der Waals surface area contributed by atoms with Crippen molar-refractivity contribution in [3.8, 4) is 0 Å². The summed E-state index contributed by atoms with van der Waals surface area (Å²) >= 11 is 8.23. The monoisotopic (exact) mass is 393 g/mol. The van der Waals surface area contributed by atoms with E-state index in [0.29, 0.717) is 8.95 Å². The SMILES string of the molecule is OC(c1ncc(Br)cc1Br)C(F)(F)Br. The van der Waals surface area contributed by atoms with Gasteiger partial charge in [0.25, 0.3) is 0 Å². The fourth-order valence-electron chi connectivity index (χ4n) is 0.781. The molecular formula is C7H4Br3F2NO. The summed E-state index contributed by atoms with van der Waals surface area (Å²) < 4.78 is 26.3. The fourth-order valence-corrected chi connectivity index (χ4v) is 2.20. The Morgan fingerprint density at radius 1 is 1.43 bits per heavy atom. The highest BCUT2D eigenvalue weighted by Crippen LogP contribution is 2.38. The van der Waals surface area contributed by atoms with Gasteiger partial charge in [-0.3, -0.25) is 4.98 Å². The molecule has 14 heavy (non-hydrogen) atoms. The third-order valence-corrected chi connectivity index (χ3v) is 2.91. The van der Waals surface area contributed by atoms with Crippen LogP contribution >= 0.6 is 47.8 Å². The zero-order chi connectivity index (χ0) is 10.9. The van der Waals surface area contributed by atoms with Crippen LogP contribution in [-0.4, -0.2) is 14.9 Å². The quantitative estimate of drug-likeness (QED) is 0.776. The number of aliphatic hydroxyl groups is 1. The molecule has 2 nitrogen and oxygen atoms in total. The van der Waals surface area contributed by atoms with E-state index < -0.39 is 10.9 Å². The Balaban J connectivity index is 3.08. The molecule has 0 fully saturated rings. The predicted octanol–water partition coefficient (Wildman–Crippen LogP) is 3.63. The van der Waals surface area contributed by atoms with E-state index >= 15 is 0 Å². The van der Waals surface area contributed by atoms with Gasteiger partial charge in [-0.05, 0) is 53.9 Å². The van der Waals surface area contributed by atoms with E-state index in [0.717, 1.165) is 0 Å². The lowest BCUT2D eigenvalue weighted by Gasteiger charge is -2.16. The summed E-state index contributed by atoms with van der Waals surface area (Å²) in [7, 11) is 0. The smallest absolute Gasteiger partial charge is 0.332 e. The zero-order valence-corrected chi connectivity index (χ0v) is 11.3. The molecule has 0 aliphatic carbocycles. The highest BCUT2D eigenvalue weighted by atomic mass is 79.9. The molecule has 0 saturated carbocycles. The molecule has 1 rings (SSSR count). The van der Waals surface area contributed by atoms with Crippen molar-refractivity contribution in [2.45, 2.75) is 10.9 Å². The molecule has 0 spiro atoms. The van der Waals surface area contributed by atoms with Crippen molar-refractivity contribution in [2.75, 3.05) is 0 Å². The second kappa shape index (κ2) is 4.51. The third kappa shape index (κ3) is 2.95. The number of alkyl halides is 3. The van der Waals surface area contributed by atoms with Gasteiger partial charge >= 0.3 is 4.83 Å². The highest BCUT2D eigenvalue weighted by Gasteiger charge is 2.38. The van der Waals surface area contributed by atoms with Crippen LogP contribution in [0.2, 0.25) is 0 Å². The second-order valence-electron chi connectivity index (χ2n) is 2.46. The van der Waals surface area contributed by atoms with Gasteiger partial charge in [0, 0.05) is 15.1 Å². The van der Waals surface area contributed by atoms with Gasteiger partial charge in [0.15, 0.2) is 6.10 Å². The van der Waals surface area contributed by atoms with E-state index in [1.807, 2.05) is 0 Å². The Labute approximate surface area is 104 Å². The molecule has 1 unspecified atom stereocenters. The molecule has 0 radical (unpaired) electrons. The topological polar surface area (TPSA) is 33.1 Å². The molecule has 1 aromatic rings. The van der Waals surface area contributed by atoms with Crippen LogP contribution < -0.4 is 0 Å². The van der Waals surface area contributed by atoms with E-state index in [9.17, 15) is 13.9 Å². The Morgan fingerprint density at radius 3 is 2.43 bits per heavy atom. The third-order valence-electron chi connectivity index (χ3n) is 1.41.